The summed E-state index contributed by atoms with van der Waals surface area (Å²) in [5.74, 6) is 0.660. The first-order valence-corrected chi connectivity index (χ1v) is 11.4. The van der Waals surface area contributed by atoms with E-state index in [4.69, 9.17) is 16.3 Å². The number of piperidine rings is 2. The number of hydrogen-bond acceptors (Lipinski definition) is 4. The van der Waals surface area contributed by atoms with Crippen LogP contribution in [0.15, 0.2) is 18.3 Å². The summed E-state index contributed by atoms with van der Waals surface area (Å²) in [6.07, 6.45) is 6.70. The van der Waals surface area contributed by atoms with Crippen LogP contribution in [0.1, 0.15) is 64.9 Å². The summed E-state index contributed by atoms with van der Waals surface area (Å²) in [6, 6.07) is 4.38. The van der Waals surface area contributed by atoms with Crippen LogP contribution in [0, 0.1) is 5.41 Å². The smallest absolute Gasteiger partial charge is 0.138 e. The summed E-state index contributed by atoms with van der Waals surface area (Å²) < 4.78 is 5.42. The fraction of sp³-hybridized carbons (Fsp3) is 0.667. The molecule has 0 spiro atoms. The lowest BCUT2D eigenvalue weighted by Gasteiger charge is -2.64. The number of aromatic nitrogens is 1. The molecule has 2 aliphatic heterocycles. The van der Waals surface area contributed by atoms with Gasteiger partial charge < -0.3 is 19.9 Å². The monoisotopic (exact) mass is 432 g/mol. The van der Waals surface area contributed by atoms with Crippen LogP contribution >= 0.6 is 11.6 Å². The van der Waals surface area contributed by atoms with Crippen molar-refractivity contribution in [1.82, 2.24) is 9.88 Å². The molecule has 2 saturated carbocycles. The van der Waals surface area contributed by atoms with Crippen molar-refractivity contribution in [2.24, 2.45) is 5.41 Å². The number of aromatic amines is 1. The first kappa shape index (κ1) is 20.6. The van der Waals surface area contributed by atoms with Gasteiger partial charge in [0.1, 0.15) is 12.0 Å². The van der Waals surface area contributed by atoms with E-state index in [0.29, 0.717) is 17.2 Å². The maximum atomic E-state index is 11.4. The lowest BCUT2D eigenvalue weighted by atomic mass is 9.54. The van der Waals surface area contributed by atoms with Crippen LogP contribution in [-0.4, -0.2) is 51.1 Å². The number of fused-ring (bicyclic) bond motifs is 1. The molecule has 2 aromatic rings. The van der Waals surface area contributed by atoms with E-state index < -0.39 is 11.8 Å². The number of methoxy groups -OCH3 is 1. The van der Waals surface area contributed by atoms with Gasteiger partial charge in [-0.3, -0.25) is 4.90 Å². The Hall–Kier alpha value is -1.27. The average Bonchev–Trinajstić information content (AvgIpc) is 3.04. The lowest BCUT2D eigenvalue weighted by Crippen LogP contribution is -2.69. The summed E-state index contributed by atoms with van der Waals surface area (Å²) >= 11 is 6.66. The Morgan fingerprint density at radius 3 is 2.53 bits per heavy atom. The van der Waals surface area contributed by atoms with Crippen molar-refractivity contribution >= 4 is 22.5 Å². The summed E-state index contributed by atoms with van der Waals surface area (Å²) in [4.78, 5) is 5.65. The zero-order chi connectivity index (χ0) is 21.5. The van der Waals surface area contributed by atoms with Crippen LogP contribution in [0.5, 0.6) is 5.75 Å². The van der Waals surface area contributed by atoms with Crippen molar-refractivity contribution in [1.29, 1.82) is 0 Å². The molecule has 4 aliphatic rings. The normalized spacial score (nSPS) is 34.6. The molecule has 0 radical (unpaired) electrons. The standard InChI is InChI=1S/C24H33ClN2O3/c1-22(2,16-12-26-17-5-6-18(30-4)21(25)20(16)17)11-19(28)27-14-7-23(3)8-15(27)10-24(29,9-14)13-23/h5-6,12,14-15,19,26,28-29H,7-11,13H2,1-4H3. The third kappa shape index (κ3) is 3.09. The second-order valence-electron chi connectivity index (χ2n) is 11.1. The maximum absolute atomic E-state index is 11.4. The SMILES string of the molecule is COc1ccc2[nH]cc(C(C)(C)CC(O)N3C4CC5(C)CC3CC(O)(C4)C5)c2c1Cl. The van der Waals surface area contributed by atoms with Gasteiger partial charge in [0.25, 0.3) is 0 Å². The molecule has 1 aromatic carbocycles. The van der Waals surface area contributed by atoms with Crippen LogP contribution in [0.4, 0.5) is 0 Å². The summed E-state index contributed by atoms with van der Waals surface area (Å²) in [7, 11) is 1.63. The molecule has 0 amide bonds. The number of H-pyrrole nitrogens is 1. The van der Waals surface area contributed by atoms with E-state index in [-0.39, 0.29) is 22.9 Å². The first-order chi connectivity index (χ1) is 14.0. The van der Waals surface area contributed by atoms with Gasteiger partial charge in [-0.1, -0.05) is 32.4 Å². The first-order valence-electron chi connectivity index (χ1n) is 11.1. The minimum atomic E-state index is -0.545. The van der Waals surface area contributed by atoms with Crippen LogP contribution in [0.3, 0.4) is 0 Å². The zero-order valence-electron chi connectivity index (χ0n) is 18.3. The highest BCUT2D eigenvalue weighted by molar-refractivity contribution is 6.37. The molecule has 3 unspecified atom stereocenters. The highest BCUT2D eigenvalue weighted by Gasteiger charge is 2.59. The Labute approximate surface area is 183 Å². The second-order valence-corrected chi connectivity index (χ2v) is 11.4. The van der Waals surface area contributed by atoms with E-state index in [0.717, 1.165) is 48.6 Å². The Morgan fingerprint density at radius 2 is 1.93 bits per heavy atom. The molecule has 4 fully saturated rings. The molecule has 2 saturated heterocycles. The van der Waals surface area contributed by atoms with Gasteiger partial charge in [0.2, 0.25) is 0 Å². The van der Waals surface area contributed by atoms with Gasteiger partial charge in [0, 0.05) is 29.2 Å². The van der Waals surface area contributed by atoms with E-state index in [9.17, 15) is 10.2 Å². The molecule has 5 nitrogen and oxygen atoms in total. The number of benzene rings is 1. The van der Waals surface area contributed by atoms with Gasteiger partial charge in [-0.15, -0.1) is 0 Å². The zero-order valence-corrected chi connectivity index (χ0v) is 19.1. The predicted molar refractivity (Wildman–Crippen MR) is 119 cm³/mol. The van der Waals surface area contributed by atoms with Crippen molar-refractivity contribution in [2.45, 2.75) is 88.6 Å². The number of nitrogens with one attached hydrogen (secondary N) is 1. The number of nitrogens with zero attached hydrogens (tertiary/aromatic N) is 1. The molecular formula is C24H33ClN2O3. The maximum Gasteiger partial charge on any atom is 0.138 e. The van der Waals surface area contributed by atoms with Gasteiger partial charge in [0.15, 0.2) is 0 Å². The van der Waals surface area contributed by atoms with E-state index >= 15 is 0 Å². The molecule has 2 aliphatic carbocycles. The molecule has 4 bridgehead atoms. The Bertz CT molecular complexity index is 948. The van der Waals surface area contributed by atoms with E-state index in [1.54, 1.807) is 7.11 Å². The largest absolute Gasteiger partial charge is 0.495 e. The molecule has 164 valence electrons. The number of aliphatic hydroxyl groups is 2. The highest BCUT2D eigenvalue weighted by atomic mass is 35.5. The third-order valence-electron chi connectivity index (χ3n) is 8.02. The highest BCUT2D eigenvalue weighted by Crippen LogP contribution is 2.58. The number of aliphatic hydroxyl groups excluding tert-OH is 1. The van der Waals surface area contributed by atoms with Gasteiger partial charge >= 0.3 is 0 Å². The average molecular weight is 433 g/mol. The second kappa shape index (κ2) is 6.61. The van der Waals surface area contributed by atoms with E-state index in [2.05, 4.69) is 30.7 Å². The molecule has 6 heteroatoms. The lowest BCUT2D eigenvalue weighted by molar-refractivity contribution is -0.223. The van der Waals surface area contributed by atoms with Gasteiger partial charge in [-0.05, 0) is 67.1 Å². The van der Waals surface area contributed by atoms with Crippen LogP contribution in [0.25, 0.3) is 10.9 Å². The fourth-order valence-electron chi connectivity index (χ4n) is 7.14. The van der Waals surface area contributed by atoms with Crippen molar-refractivity contribution < 1.29 is 14.9 Å². The van der Waals surface area contributed by atoms with Crippen molar-refractivity contribution in [3.8, 4) is 5.75 Å². The van der Waals surface area contributed by atoms with Gasteiger partial charge in [0.05, 0.1) is 17.7 Å². The Balaban J connectivity index is 1.43. The molecular weight excluding hydrogens is 400 g/mol. The summed E-state index contributed by atoms with van der Waals surface area (Å²) in [5.41, 5.74) is 1.46. The third-order valence-corrected chi connectivity index (χ3v) is 8.40. The topological polar surface area (TPSA) is 68.7 Å². The molecule has 3 atom stereocenters. The van der Waals surface area contributed by atoms with Crippen molar-refractivity contribution in [2.75, 3.05) is 7.11 Å². The summed E-state index contributed by atoms with van der Waals surface area (Å²) in [6.45, 7) is 6.65. The number of rotatable bonds is 5. The molecule has 3 N–H and O–H groups in total. The van der Waals surface area contributed by atoms with Gasteiger partial charge in [-0.25, -0.2) is 0 Å². The number of halogens is 1. The minimum absolute atomic E-state index is 0.216. The Kier molecular flexibility index (Phi) is 4.55. The predicted octanol–water partition coefficient (Wildman–Crippen LogP) is 4.58. The van der Waals surface area contributed by atoms with Crippen LogP contribution in [0.2, 0.25) is 5.02 Å². The summed E-state index contributed by atoms with van der Waals surface area (Å²) in [5, 5.41) is 24.0. The molecule has 1 aromatic heterocycles. The van der Waals surface area contributed by atoms with Crippen molar-refractivity contribution in [3.63, 3.8) is 0 Å². The number of ether oxygens (including phenoxy) is 1. The van der Waals surface area contributed by atoms with E-state index in [1.807, 2.05) is 18.3 Å². The van der Waals surface area contributed by atoms with Crippen LogP contribution in [-0.2, 0) is 5.41 Å². The molecule has 6 rings (SSSR count). The van der Waals surface area contributed by atoms with Gasteiger partial charge in [-0.2, -0.15) is 0 Å². The Morgan fingerprint density at radius 1 is 1.27 bits per heavy atom. The number of hydrogen-bond donors (Lipinski definition) is 3. The van der Waals surface area contributed by atoms with Crippen LogP contribution < -0.4 is 4.74 Å². The molecule has 3 heterocycles. The van der Waals surface area contributed by atoms with Crippen molar-refractivity contribution in [3.05, 3.63) is 28.9 Å². The quantitative estimate of drug-likeness (QED) is 0.646. The van der Waals surface area contributed by atoms with E-state index in [1.165, 1.54) is 0 Å². The fourth-order valence-corrected chi connectivity index (χ4v) is 7.49. The molecule has 30 heavy (non-hydrogen) atoms. The minimum Gasteiger partial charge on any atom is -0.495 e.